The van der Waals surface area contributed by atoms with Crippen LogP contribution in [0.25, 0.3) is 0 Å². The number of nitrogens with zero attached hydrogens (tertiary/aromatic N) is 1. The molecule has 1 heterocycles. The Morgan fingerprint density at radius 3 is 2.90 bits per heavy atom. The van der Waals surface area contributed by atoms with Gasteiger partial charge < -0.3 is 14.7 Å². The highest BCUT2D eigenvalue weighted by atomic mass is 32.2. The number of carboxylic acid groups (broad SMARTS) is 1. The highest BCUT2D eigenvalue weighted by Gasteiger charge is 2.34. The van der Waals surface area contributed by atoms with Crippen molar-refractivity contribution >= 4 is 23.6 Å². The third kappa shape index (κ3) is 3.41. The van der Waals surface area contributed by atoms with Gasteiger partial charge in [0.2, 0.25) is 5.91 Å². The number of carboxylic acids is 1. The summed E-state index contributed by atoms with van der Waals surface area (Å²) in [7, 11) is 0. The summed E-state index contributed by atoms with van der Waals surface area (Å²) in [5.41, 5.74) is 0. The second kappa shape index (κ2) is 6.60. The lowest BCUT2D eigenvalue weighted by Gasteiger charge is -2.20. The van der Waals surface area contributed by atoms with E-state index >= 15 is 0 Å². The number of para-hydroxylation sites is 1. The van der Waals surface area contributed by atoms with Crippen LogP contribution in [0.1, 0.15) is 6.42 Å². The summed E-state index contributed by atoms with van der Waals surface area (Å²) >= 11 is 1.40. The summed E-state index contributed by atoms with van der Waals surface area (Å²) in [6, 6.07) is 5.16. The fourth-order valence-corrected chi connectivity index (χ4v) is 3.02. The molecule has 1 aromatic carbocycles. The van der Waals surface area contributed by atoms with Crippen LogP contribution in [0.4, 0.5) is 4.39 Å². The van der Waals surface area contributed by atoms with Crippen LogP contribution in [0.2, 0.25) is 0 Å². The number of halogens is 1. The molecule has 1 unspecified atom stereocenters. The maximum absolute atomic E-state index is 13.3. The van der Waals surface area contributed by atoms with Gasteiger partial charge >= 0.3 is 5.97 Å². The third-order valence-corrected chi connectivity index (χ3v) is 3.91. The van der Waals surface area contributed by atoms with E-state index in [1.165, 1.54) is 28.8 Å². The molecule has 1 saturated heterocycles. The number of amides is 1. The monoisotopic (exact) mass is 299 g/mol. The van der Waals surface area contributed by atoms with E-state index in [2.05, 4.69) is 0 Å². The van der Waals surface area contributed by atoms with Crippen molar-refractivity contribution in [3.8, 4) is 5.75 Å². The van der Waals surface area contributed by atoms with Crippen LogP contribution < -0.4 is 4.74 Å². The predicted molar refractivity (Wildman–Crippen MR) is 72.1 cm³/mol. The van der Waals surface area contributed by atoms with E-state index in [1.54, 1.807) is 12.1 Å². The predicted octanol–water partition coefficient (Wildman–Crippen LogP) is 1.58. The van der Waals surface area contributed by atoms with E-state index in [0.717, 1.165) is 0 Å². The Labute approximate surface area is 119 Å². The summed E-state index contributed by atoms with van der Waals surface area (Å²) in [5.74, 6) is -0.923. The molecule has 108 valence electrons. The second-order valence-electron chi connectivity index (χ2n) is 4.25. The van der Waals surface area contributed by atoms with Gasteiger partial charge in [0.25, 0.3) is 0 Å². The summed E-state index contributed by atoms with van der Waals surface area (Å²) in [6.07, 6.45) is 0.0265. The standard InChI is InChI=1S/C13H14FNO4S/c14-9-3-1-2-4-11(9)19-6-5-12(16)15-8-20-7-10(15)13(17)18/h1-4,10H,5-8H2,(H,17,18). The van der Waals surface area contributed by atoms with Crippen molar-refractivity contribution in [2.75, 3.05) is 18.2 Å². The van der Waals surface area contributed by atoms with E-state index in [9.17, 15) is 14.0 Å². The zero-order chi connectivity index (χ0) is 14.5. The van der Waals surface area contributed by atoms with Crippen LogP contribution >= 0.6 is 11.8 Å². The molecule has 0 spiro atoms. The molecule has 1 fully saturated rings. The second-order valence-corrected chi connectivity index (χ2v) is 5.25. The first-order valence-electron chi connectivity index (χ1n) is 6.07. The van der Waals surface area contributed by atoms with E-state index < -0.39 is 17.8 Å². The summed E-state index contributed by atoms with van der Waals surface area (Å²) in [6.45, 7) is 0.0211. The first kappa shape index (κ1) is 14.6. The molecular formula is C13H14FNO4S. The number of ether oxygens (including phenoxy) is 1. The molecule has 0 saturated carbocycles. The van der Waals surface area contributed by atoms with Gasteiger partial charge in [-0.05, 0) is 12.1 Å². The minimum atomic E-state index is -1.00. The van der Waals surface area contributed by atoms with Crippen LogP contribution in [0.5, 0.6) is 5.75 Å². The van der Waals surface area contributed by atoms with E-state index in [0.29, 0.717) is 11.6 Å². The normalized spacial score (nSPS) is 18.1. The smallest absolute Gasteiger partial charge is 0.327 e. The fourth-order valence-electron chi connectivity index (χ4n) is 1.85. The third-order valence-electron chi connectivity index (χ3n) is 2.90. The SMILES string of the molecule is O=C(O)C1CSCN1C(=O)CCOc1ccccc1F. The van der Waals surface area contributed by atoms with Crippen LogP contribution in [0, 0.1) is 5.82 Å². The van der Waals surface area contributed by atoms with Crippen LogP contribution in [-0.2, 0) is 9.59 Å². The highest BCUT2D eigenvalue weighted by molar-refractivity contribution is 7.99. The Morgan fingerprint density at radius 1 is 1.45 bits per heavy atom. The Hall–Kier alpha value is -1.76. The molecule has 1 aliphatic heterocycles. The lowest BCUT2D eigenvalue weighted by Crippen LogP contribution is -2.42. The lowest BCUT2D eigenvalue weighted by atomic mass is 10.2. The van der Waals surface area contributed by atoms with Crippen molar-refractivity contribution in [3.05, 3.63) is 30.1 Å². The number of hydrogen-bond donors (Lipinski definition) is 1. The molecule has 5 nitrogen and oxygen atoms in total. The van der Waals surface area contributed by atoms with Crippen LogP contribution in [-0.4, -0.2) is 46.2 Å². The van der Waals surface area contributed by atoms with Crippen molar-refractivity contribution < 1.29 is 23.8 Å². The minimum Gasteiger partial charge on any atom is -0.490 e. The van der Waals surface area contributed by atoms with Gasteiger partial charge in [-0.2, -0.15) is 0 Å². The number of rotatable bonds is 5. The number of carbonyl (C=O) groups excluding carboxylic acids is 1. The maximum Gasteiger partial charge on any atom is 0.327 e. The average Bonchev–Trinajstić information content (AvgIpc) is 2.90. The van der Waals surface area contributed by atoms with Crippen LogP contribution in [0.15, 0.2) is 24.3 Å². The molecule has 1 atom stereocenters. The topological polar surface area (TPSA) is 66.8 Å². The van der Waals surface area contributed by atoms with Gasteiger partial charge in [0.1, 0.15) is 6.04 Å². The van der Waals surface area contributed by atoms with Gasteiger partial charge in [0.05, 0.1) is 18.9 Å². The molecule has 1 aliphatic rings. The molecule has 0 aromatic heterocycles. The molecule has 1 aromatic rings. The van der Waals surface area contributed by atoms with Gasteiger partial charge in [-0.1, -0.05) is 12.1 Å². The van der Waals surface area contributed by atoms with Gasteiger partial charge in [0.15, 0.2) is 11.6 Å². The zero-order valence-electron chi connectivity index (χ0n) is 10.6. The van der Waals surface area contributed by atoms with Crippen molar-refractivity contribution in [2.45, 2.75) is 12.5 Å². The number of carbonyl (C=O) groups is 2. The molecule has 1 amide bonds. The Kier molecular flexibility index (Phi) is 4.84. The van der Waals surface area contributed by atoms with Crippen molar-refractivity contribution in [2.24, 2.45) is 0 Å². The molecule has 2 rings (SSSR count). The largest absolute Gasteiger partial charge is 0.490 e. The maximum atomic E-state index is 13.3. The first-order chi connectivity index (χ1) is 9.59. The Morgan fingerprint density at radius 2 is 2.20 bits per heavy atom. The molecule has 1 N–H and O–H groups in total. The summed E-state index contributed by atoms with van der Waals surface area (Å²) < 4.78 is 18.5. The molecule has 0 bridgehead atoms. The Balaban J connectivity index is 1.84. The molecular weight excluding hydrogens is 285 g/mol. The minimum absolute atomic E-state index is 0.0211. The Bertz CT molecular complexity index is 511. The van der Waals surface area contributed by atoms with Crippen molar-refractivity contribution in [1.82, 2.24) is 4.90 Å². The number of aliphatic carboxylic acids is 1. The molecule has 7 heteroatoms. The summed E-state index contributed by atoms with van der Waals surface area (Å²) in [5, 5.41) is 8.98. The number of benzene rings is 1. The molecule has 20 heavy (non-hydrogen) atoms. The van der Waals surface area contributed by atoms with Gasteiger partial charge in [0, 0.05) is 5.75 Å². The molecule has 0 radical (unpaired) electrons. The van der Waals surface area contributed by atoms with Gasteiger partial charge in [-0.25, -0.2) is 9.18 Å². The first-order valence-corrected chi connectivity index (χ1v) is 7.22. The van der Waals surface area contributed by atoms with E-state index in [-0.39, 0.29) is 24.7 Å². The lowest BCUT2D eigenvalue weighted by molar-refractivity contribution is -0.147. The quantitative estimate of drug-likeness (QED) is 0.894. The molecule has 0 aliphatic carbocycles. The number of thioether (sulfide) groups is 1. The summed E-state index contributed by atoms with van der Waals surface area (Å²) in [4.78, 5) is 24.2. The van der Waals surface area contributed by atoms with Crippen molar-refractivity contribution in [3.63, 3.8) is 0 Å². The van der Waals surface area contributed by atoms with E-state index in [4.69, 9.17) is 9.84 Å². The van der Waals surface area contributed by atoms with Gasteiger partial charge in [-0.3, -0.25) is 4.79 Å². The van der Waals surface area contributed by atoms with E-state index in [1.807, 2.05) is 0 Å². The van der Waals surface area contributed by atoms with Crippen molar-refractivity contribution in [1.29, 1.82) is 0 Å². The van der Waals surface area contributed by atoms with Crippen LogP contribution in [0.3, 0.4) is 0 Å². The fraction of sp³-hybridized carbons (Fsp3) is 0.385. The zero-order valence-corrected chi connectivity index (χ0v) is 11.4. The highest BCUT2D eigenvalue weighted by Crippen LogP contribution is 2.22. The average molecular weight is 299 g/mol. The number of hydrogen-bond acceptors (Lipinski definition) is 4. The van der Waals surface area contributed by atoms with Gasteiger partial charge in [-0.15, -0.1) is 11.8 Å².